The fourth-order valence-corrected chi connectivity index (χ4v) is 3.90. The molecule has 20 heavy (non-hydrogen) atoms. The van der Waals surface area contributed by atoms with Gasteiger partial charge in [0, 0.05) is 25.2 Å². The van der Waals surface area contributed by atoms with Gasteiger partial charge in [-0.15, -0.1) is 0 Å². The van der Waals surface area contributed by atoms with E-state index < -0.39 is 0 Å². The van der Waals surface area contributed by atoms with Crippen LogP contribution in [-0.4, -0.2) is 36.6 Å². The summed E-state index contributed by atoms with van der Waals surface area (Å²) in [5.74, 6) is 1.68. The van der Waals surface area contributed by atoms with Crippen LogP contribution in [0, 0.1) is 11.8 Å². The van der Waals surface area contributed by atoms with Crippen LogP contribution < -0.4 is 5.32 Å². The first-order valence-corrected chi connectivity index (χ1v) is 9.09. The molecule has 0 spiro atoms. The van der Waals surface area contributed by atoms with Crippen molar-refractivity contribution in [2.24, 2.45) is 11.8 Å². The Morgan fingerprint density at radius 2 is 1.60 bits per heavy atom. The van der Waals surface area contributed by atoms with Gasteiger partial charge in [-0.2, -0.15) is 0 Å². The van der Waals surface area contributed by atoms with E-state index in [0.717, 1.165) is 24.4 Å². The van der Waals surface area contributed by atoms with Crippen molar-refractivity contribution in [2.75, 3.05) is 19.6 Å². The zero-order valence-corrected chi connectivity index (χ0v) is 14.6. The fraction of sp³-hybridized carbons (Fsp3) is 1.00. The van der Waals surface area contributed by atoms with Crippen LogP contribution in [0.15, 0.2) is 0 Å². The van der Waals surface area contributed by atoms with Gasteiger partial charge in [0.15, 0.2) is 0 Å². The van der Waals surface area contributed by atoms with Gasteiger partial charge in [-0.3, -0.25) is 4.90 Å². The lowest BCUT2D eigenvalue weighted by molar-refractivity contribution is 0.133. The maximum Gasteiger partial charge on any atom is 0.0223 e. The monoisotopic (exact) mass is 282 g/mol. The van der Waals surface area contributed by atoms with Gasteiger partial charge in [-0.25, -0.2) is 0 Å². The Bertz CT molecular complexity index is 230. The van der Waals surface area contributed by atoms with E-state index in [-0.39, 0.29) is 0 Å². The molecule has 0 radical (unpaired) electrons. The highest BCUT2D eigenvalue weighted by molar-refractivity contribution is 4.85. The summed E-state index contributed by atoms with van der Waals surface area (Å²) in [5.41, 5.74) is 0. The van der Waals surface area contributed by atoms with Gasteiger partial charge in [0.1, 0.15) is 0 Å². The number of hydrogen-bond donors (Lipinski definition) is 1. The predicted octanol–water partition coefficient (Wildman–Crippen LogP) is 4.30. The highest BCUT2D eigenvalue weighted by atomic mass is 15.2. The molecule has 1 atom stereocenters. The number of hydrogen-bond acceptors (Lipinski definition) is 2. The van der Waals surface area contributed by atoms with E-state index in [0.29, 0.717) is 6.04 Å². The highest BCUT2D eigenvalue weighted by Gasteiger charge is 2.28. The van der Waals surface area contributed by atoms with Gasteiger partial charge in [0.25, 0.3) is 0 Å². The second-order valence-corrected chi connectivity index (χ2v) is 7.03. The lowest BCUT2D eigenvalue weighted by atomic mass is 9.96. The Kier molecular flexibility index (Phi) is 8.79. The molecule has 0 aromatic rings. The minimum absolute atomic E-state index is 0.710. The van der Waals surface area contributed by atoms with Crippen molar-refractivity contribution in [3.8, 4) is 0 Å². The third-order valence-corrected chi connectivity index (χ3v) is 4.92. The van der Waals surface area contributed by atoms with Crippen molar-refractivity contribution in [2.45, 2.75) is 85.2 Å². The van der Waals surface area contributed by atoms with Gasteiger partial charge in [-0.1, -0.05) is 47.5 Å². The van der Waals surface area contributed by atoms with Gasteiger partial charge >= 0.3 is 0 Å². The van der Waals surface area contributed by atoms with Crippen LogP contribution in [0.2, 0.25) is 0 Å². The molecule has 0 aromatic carbocycles. The van der Waals surface area contributed by atoms with Gasteiger partial charge < -0.3 is 5.32 Å². The van der Waals surface area contributed by atoms with Gasteiger partial charge in [0.05, 0.1) is 0 Å². The topological polar surface area (TPSA) is 15.3 Å². The molecule has 1 aliphatic rings. The lowest BCUT2D eigenvalue weighted by Crippen LogP contribution is -2.49. The molecular formula is C18H38N2. The number of rotatable bonds is 10. The molecule has 0 aliphatic heterocycles. The molecule has 1 saturated carbocycles. The highest BCUT2D eigenvalue weighted by Crippen LogP contribution is 2.29. The normalized spacial score (nSPS) is 18.6. The minimum Gasteiger partial charge on any atom is -0.313 e. The van der Waals surface area contributed by atoms with E-state index in [4.69, 9.17) is 0 Å². The lowest BCUT2D eigenvalue weighted by Gasteiger charge is -2.37. The Labute approximate surface area is 127 Å². The summed E-state index contributed by atoms with van der Waals surface area (Å²) in [4.78, 5) is 2.77. The third-order valence-electron chi connectivity index (χ3n) is 4.92. The Hall–Kier alpha value is -0.0800. The summed E-state index contributed by atoms with van der Waals surface area (Å²) in [5, 5.41) is 3.79. The molecule has 2 heteroatoms. The largest absolute Gasteiger partial charge is 0.313 e. The van der Waals surface area contributed by atoms with Crippen molar-refractivity contribution in [3.05, 3.63) is 0 Å². The molecule has 0 saturated heterocycles. The second kappa shape index (κ2) is 9.78. The zero-order chi connectivity index (χ0) is 15.0. The maximum absolute atomic E-state index is 3.79. The Morgan fingerprint density at radius 3 is 2.05 bits per heavy atom. The maximum atomic E-state index is 3.79. The minimum atomic E-state index is 0.710. The van der Waals surface area contributed by atoms with Crippen molar-refractivity contribution in [3.63, 3.8) is 0 Å². The molecule has 0 aromatic heterocycles. The van der Waals surface area contributed by atoms with E-state index in [1.165, 1.54) is 51.6 Å². The number of likely N-dealkylation sites (N-methyl/N-ethyl adjacent to an activating group) is 1. The molecule has 1 fully saturated rings. The zero-order valence-electron chi connectivity index (χ0n) is 14.6. The van der Waals surface area contributed by atoms with E-state index in [2.05, 4.69) is 44.8 Å². The molecule has 1 aliphatic carbocycles. The summed E-state index contributed by atoms with van der Waals surface area (Å²) < 4.78 is 0. The third kappa shape index (κ3) is 5.73. The van der Waals surface area contributed by atoms with E-state index in [9.17, 15) is 0 Å². The molecule has 2 nitrogen and oxygen atoms in total. The van der Waals surface area contributed by atoms with Crippen molar-refractivity contribution in [1.29, 1.82) is 0 Å². The molecule has 0 heterocycles. The van der Waals surface area contributed by atoms with Crippen LogP contribution in [0.5, 0.6) is 0 Å². The summed E-state index contributed by atoms with van der Waals surface area (Å²) in [6.07, 6.45) is 8.34. The van der Waals surface area contributed by atoms with Crippen LogP contribution in [0.3, 0.4) is 0 Å². The summed E-state index contributed by atoms with van der Waals surface area (Å²) >= 11 is 0. The predicted molar refractivity (Wildman–Crippen MR) is 90.2 cm³/mol. The first-order chi connectivity index (χ1) is 9.62. The first-order valence-electron chi connectivity index (χ1n) is 9.09. The van der Waals surface area contributed by atoms with Crippen LogP contribution in [-0.2, 0) is 0 Å². The quantitative estimate of drug-likeness (QED) is 0.642. The molecule has 120 valence electrons. The van der Waals surface area contributed by atoms with Crippen LogP contribution in [0.1, 0.15) is 73.1 Å². The van der Waals surface area contributed by atoms with Crippen molar-refractivity contribution in [1.82, 2.24) is 10.2 Å². The average Bonchev–Trinajstić information content (AvgIpc) is 2.92. The first kappa shape index (κ1) is 18.0. The second-order valence-electron chi connectivity index (χ2n) is 7.03. The van der Waals surface area contributed by atoms with Gasteiger partial charge in [0.2, 0.25) is 0 Å². The number of nitrogens with zero attached hydrogens (tertiary/aromatic N) is 1. The average molecular weight is 283 g/mol. The van der Waals surface area contributed by atoms with Crippen LogP contribution in [0.25, 0.3) is 0 Å². The molecule has 0 amide bonds. The molecule has 1 unspecified atom stereocenters. The molecule has 1 N–H and O–H groups in total. The summed E-state index contributed by atoms with van der Waals surface area (Å²) in [6, 6.07) is 1.47. The van der Waals surface area contributed by atoms with Crippen molar-refractivity contribution >= 4 is 0 Å². The number of nitrogens with one attached hydrogen (secondary N) is 1. The summed E-state index contributed by atoms with van der Waals surface area (Å²) in [7, 11) is 0. The van der Waals surface area contributed by atoms with E-state index in [1.807, 2.05) is 0 Å². The van der Waals surface area contributed by atoms with Crippen LogP contribution in [0.4, 0.5) is 0 Å². The molecule has 1 rings (SSSR count). The van der Waals surface area contributed by atoms with Crippen LogP contribution >= 0.6 is 0 Å². The Morgan fingerprint density at radius 1 is 1.00 bits per heavy atom. The fourth-order valence-electron chi connectivity index (χ4n) is 3.90. The van der Waals surface area contributed by atoms with Gasteiger partial charge in [-0.05, 0) is 44.1 Å². The SMILES string of the molecule is CCNC(CN(CC(C)C)C(CC)CC)C1CCCC1. The Balaban J connectivity index is 2.66. The molecule has 0 bridgehead atoms. The van der Waals surface area contributed by atoms with E-state index >= 15 is 0 Å². The standard InChI is InChI=1S/C18H38N2/c1-6-17(7-2)20(13-15(4)5)14-18(19-8-3)16-11-9-10-12-16/h15-19H,6-14H2,1-5H3. The van der Waals surface area contributed by atoms with E-state index in [1.54, 1.807) is 0 Å². The van der Waals surface area contributed by atoms with Crippen molar-refractivity contribution < 1.29 is 0 Å². The smallest absolute Gasteiger partial charge is 0.0223 e. The summed E-state index contributed by atoms with van der Waals surface area (Å²) in [6.45, 7) is 15.3. The molecular weight excluding hydrogens is 244 g/mol.